The van der Waals surface area contributed by atoms with E-state index in [0.717, 1.165) is 22.4 Å². The van der Waals surface area contributed by atoms with Crippen molar-refractivity contribution in [3.05, 3.63) is 146 Å². The normalized spacial score (nSPS) is 12.3. The lowest BCUT2D eigenvalue weighted by molar-refractivity contribution is 1.25. The maximum atomic E-state index is 5.35. The molecule has 0 spiro atoms. The van der Waals surface area contributed by atoms with Crippen molar-refractivity contribution in [2.24, 2.45) is 0 Å². The molecule has 11 aromatic rings. The molecule has 0 aliphatic rings. The van der Waals surface area contributed by atoms with Crippen molar-refractivity contribution < 1.29 is 0 Å². The van der Waals surface area contributed by atoms with Gasteiger partial charge < -0.3 is 0 Å². The first kappa shape index (κ1) is 25.6. The van der Waals surface area contributed by atoms with E-state index in [1.54, 1.807) is 0 Å². The summed E-state index contributed by atoms with van der Waals surface area (Å²) in [6.45, 7) is 0. The van der Waals surface area contributed by atoms with Crippen molar-refractivity contribution >= 4 is 101 Å². The third kappa shape index (κ3) is 3.62. The molecule has 0 unspecified atom stereocenters. The molecule has 0 saturated heterocycles. The summed E-state index contributed by atoms with van der Waals surface area (Å²) in [5, 5.41) is 10.2. The lowest BCUT2D eigenvalue weighted by Crippen LogP contribution is -1.93. The number of thiophene rings is 2. The minimum absolute atomic E-state index is 1.02. The summed E-state index contributed by atoms with van der Waals surface area (Å²) in [4.78, 5) is 5.35. The summed E-state index contributed by atoms with van der Waals surface area (Å²) >= 11 is 3.75. The van der Waals surface area contributed by atoms with Crippen LogP contribution in [0.15, 0.2) is 146 Å². The van der Waals surface area contributed by atoms with Gasteiger partial charge in [0, 0.05) is 35.6 Å². The predicted octanol–water partition coefficient (Wildman–Crippen LogP) is 12.9. The van der Waals surface area contributed by atoms with Gasteiger partial charge in [-0.1, -0.05) is 121 Å². The van der Waals surface area contributed by atoms with Gasteiger partial charge in [0.15, 0.2) is 5.65 Å². The number of imidazole rings is 1. The van der Waals surface area contributed by atoms with Crippen LogP contribution in [-0.4, -0.2) is 9.38 Å². The Balaban J connectivity index is 1.19. The quantitative estimate of drug-likeness (QED) is 0.185. The zero-order valence-corrected chi connectivity index (χ0v) is 26.7. The van der Waals surface area contributed by atoms with Crippen LogP contribution in [0.5, 0.6) is 0 Å². The van der Waals surface area contributed by atoms with Crippen molar-refractivity contribution in [2.75, 3.05) is 0 Å². The highest BCUT2D eigenvalue weighted by Gasteiger charge is 2.19. The minimum Gasteiger partial charge on any atom is -0.291 e. The maximum Gasteiger partial charge on any atom is 0.156 e. The lowest BCUT2D eigenvalue weighted by Gasteiger charge is -2.11. The Kier molecular flexibility index (Phi) is 5.17. The molecule has 0 radical (unpaired) electrons. The van der Waals surface area contributed by atoms with Crippen LogP contribution in [0.4, 0.5) is 0 Å². The third-order valence-electron chi connectivity index (χ3n) is 9.76. The predicted molar refractivity (Wildman–Crippen MR) is 204 cm³/mol. The number of rotatable bonds is 2. The number of aromatic nitrogens is 2. The Morgan fingerprint density at radius 2 is 1.15 bits per heavy atom. The average Bonchev–Trinajstić information content (AvgIpc) is 3.82. The van der Waals surface area contributed by atoms with Gasteiger partial charge >= 0.3 is 0 Å². The lowest BCUT2D eigenvalue weighted by atomic mass is 10.00. The number of pyridine rings is 1. The van der Waals surface area contributed by atoms with Crippen LogP contribution in [0.3, 0.4) is 0 Å². The largest absolute Gasteiger partial charge is 0.291 e. The molecular weight excluding hydrogens is 609 g/mol. The molecule has 4 heterocycles. The van der Waals surface area contributed by atoms with Gasteiger partial charge in [-0.05, 0) is 62.5 Å². The van der Waals surface area contributed by atoms with Gasteiger partial charge in [0.25, 0.3) is 0 Å². The number of nitrogens with zero attached hydrogens (tertiary/aromatic N) is 2. The van der Waals surface area contributed by atoms with E-state index in [9.17, 15) is 0 Å². The zero-order chi connectivity index (χ0) is 30.6. The van der Waals surface area contributed by atoms with E-state index < -0.39 is 0 Å². The molecule has 0 fully saturated rings. The van der Waals surface area contributed by atoms with Gasteiger partial charge in [0.1, 0.15) is 0 Å². The smallest absolute Gasteiger partial charge is 0.156 e. The summed E-state index contributed by atoms with van der Waals surface area (Å²) in [6, 6.07) is 53.4. The van der Waals surface area contributed by atoms with E-state index in [1.807, 2.05) is 22.7 Å². The van der Waals surface area contributed by atoms with Crippen LogP contribution < -0.4 is 0 Å². The Bertz CT molecular complexity index is 3070. The van der Waals surface area contributed by atoms with E-state index in [0.29, 0.717) is 0 Å². The molecule has 0 saturated carbocycles. The summed E-state index contributed by atoms with van der Waals surface area (Å²) in [5.74, 6) is 0. The van der Waals surface area contributed by atoms with Crippen molar-refractivity contribution in [1.29, 1.82) is 0 Å². The number of hydrogen-bond donors (Lipinski definition) is 0. The minimum atomic E-state index is 1.02. The topological polar surface area (TPSA) is 17.3 Å². The van der Waals surface area contributed by atoms with Gasteiger partial charge in [-0.3, -0.25) is 4.40 Å². The Labute approximate surface area is 277 Å². The summed E-state index contributed by atoms with van der Waals surface area (Å²) < 4.78 is 7.62. The molecule has 0 amide bonds. The van der Waals surface area contributed by atoms with Crippen LogP contribution in [0.2, 0.25) is 0 Å². The second-order valence-electron chi connectivity index (χ2n) is 12.4. The number of fused-ring (bicyclic) bond motifs is 13. The average molecular weight is 633 g/mol. The van der Waals surface area contributed by atoms with Crippen molar-refractivity contribution in [2.45, 2.75) is 0 Å². The zero-order valence-electron chi connectivity index (χ0n) is 25.1. The monoisotopic (exact) mass is 632 g/mol. The second kappa shape index (κ2) is 9.49. The van der Waals surface area contributed by atoms with E-state index in [2.05, 4.69) is 150 Å². The molecule has 0 N–H and O–H groups in total. The van der Waals surface area contributed by atoms with Crippen LogP contribution >= 0.6 is 22.7 Å². The SMILES string of the molecule is c1ccc2cc3c(cc2c1)nc1c2sc4c5ccccc5ccc4c2cc(-c2ccc(-c4cccc5c4sc4ccccc45)cc2)n31. The van der Waals surface area contributed by atoms with Crippen molar-refractivity contribution in [1.82, 2.24) is 9.38 Å². The maximum absolute atomic E-state index is 5.35. The van der Waals surface area contributed by atoms with Crippen LogP contribution in [0.1, 0.15) is 0 Å². The first-order valence-electron chi connectivity index (χ1n) is 15.9. The Morgan fingerprint density at radius 3 is 2.02 bits per heavy atom. The molecule has 0 atom stereocenters. The Hall–Kier alpha value is -5.55. The highest BCUT2D eigenvalue weighted by molar-refractivity contribution is 7.27. The van der Waals surface area contributed by atoms with Gasteiger partial charge in [0.05, 0.1) is 21.4 Å². The number of hydrogen-bond acceptors (Lipinski definition) is 3. The fourth-order valence-electron chi connectivity index (χ4n) is 7.52. The second-order valence-corrected chi connectivity index (χ2v) is 14.4. The van der Waals surface area contributed by atoms with Gasteiger partial charge in [-0.15, -0.1) is 22.7 Å². The summed E-state index contributed by atoms with van der Waals surface area (Å²) in [5.41, 5.74) is 8.03. The summed E-state index contributed by atoms with van der Waals surface area (Å²) in [7, 11) is 0. The van der Waals surface area contributed by atoms with Crippen LogP contribution in [0.25, 0.3) is 101 Å². The van der Waals surface area contributed by atoms with E-state index in [-0.39, 0.29) is 0 Å². The molecule has 0 aliphatic heterocycles. The Morgan fingerprint density at radius 1 is 0.447 bits per heavy atom. The molecule has 7 aromatic carbocycles. The molecule has 2 nitrogen and oxygen atoms in total. The molecule has 47 heavy (non-hydrogen) atoms. The number of benzene rings is 7. The fraction of sp³-hybridized carbons (Fsp3) is 0. The first-order chi connectivity index (χ1) is 23.3. The van der Waals surface area contributed by atoms with Crippen LogP contribution in [-0.2, 0) is 0 Å². The third-order valence-corrected chi connectivity index (χ3v) is 12.2. The van der Waals surface area contributed by atoms with Crippen molar-refractivity contribution in [3.63, 3.8) is 0 Å². The van der Waals surface area contributed by atoms with Gasteiger partial charge in [0.2, 0.25) is 0 Å². The molecule has 4 heteroatoms. The van der Waals surface area contributed by atoms with E-state index in [4.69, 9.17) is 4.98 Å². The first-order valence-corrected chi connectivity index (χ1v) is 17.5. The van der Waals surface area contributed by atoms with Crippen molar-refractivity contribution in [3.8, 4) is 22.4 Å². The molecule has 0 bridgehead atoms. The molecule has 218 valence electrons. The highest BCUT2D eigenvalue weighted by atomic mass is 32.1. The fourth-order valence-corrected chi connectivity index (χ4v) is 10.1. The standard InChI is InChI=1S/C43H24N2S2/c1-2-10-29-23-38-36(22-28(29)9-1)44-43-42-35(34-21-20-25-8-3-4-11-30(25)41(34)47-42)24-37(45(38)43)27-18-16-26(17-19-27)31-13-7-14-33-32-12-5-6-15-39(32)46-40(31)33/h1-24H. The molecule has 4 aromatic heterocycles. The van der Waals surface area contributed by atoms with E-state index >= 15 is 0 Å². The van der Waals surface area contributed by atoms with E-state index in [1.165, 1.54) is 78.6 Å². The molecule has 0 aliphatic carbocycles. The molecule has 11 rings (SSSR count). The van der Waals surface area contributed by atoms with Crippen LogP contribution in [0, 0.1) is 0 Å². The molecular formula is C43H24N2S2. The van der Waals surface area contributed by atoms with Gasteiger partial charge in [-0.2, -0.15) is 0 Å². The summed E-state index contributed by atoms with van der Waals surface area (Å²) in [6.07, 6.45) is 0. The highest BCUT2D eigenvalue weighted by Crippen LogP contribution is 2.44. The van der Waals surface area contributed by atoms with Gasteiger partial charge in [-0.25, -0.2) is 4.98 Å².